The molecule has 0 aliphatic heterocycles. The van der Waals surface area contributed by atoms with Crippen molar-refractivity contribution in [1.29, 1.82) is 0 Å². The van der Waals surface area contributed by atoms with Crippen LogP contribution in [0.25, 0.3) is 21.5 Å². The van der Waals surface area contributed by atoms with E-state index in [-0.39, 0.29) is 23.6 Å². The quantitative estimate of drug-likeness (QED) is 0.0316. The lowest BCUT2D eigenvalue weighted by molar-refractivity contribution is -0.891. The molecule has 0 unspecified atom stereocenters. The Hall–Kier alpha value is -7.76. The number of ketones is 2. The third-order valence-electron chi connectivity index (χ3n) is 11.4. The van der Waals surface area contributed by atoms with E-state index in [1.54, 1.807) is 24.5 Å². The van der Waals surface area contributed by atoms with E-state index in [9.17, 15) is 19.6 Å². The summed E-state index contributed by atoms with van der Waals surface area (Å²) in [5, 5.41) is 25.7. The zero-order valence-electron chi connectivity index (χ0n) is 38.2. The second kappa shape index (κ2) is 24.1. The van der Waals surface area contributed by atoms with Gasteiger partial charge in [-0.05, 0) is 89.2 Å². The standard InChI is InChI=1S/C22H21BO3.2C18H16NO2/c24-23(25)26-18-10-17-22(19-11-4-1-5-12-19,20-13-6-2-7-14-20)21-15-8-3-9-16-21;2*1-2-21-19-12-6-5-9-17(19)18(20)16-11-10-14-7-3-4-8-15(14)13-16/h1-9,11-16H,10,17-18H2;2*3-13H,2H2,1H3/q-2;2*+1. The van der Waals surface area contributed by atoms with Crippen LogP contribution in [0, 0.1) is 0 Å². The van der Waals surface area contributed by atoms with Gasteiger partial charge in [-0.3, -0.25) is 19.3 Å². The van der Waals surface area contributed by atoms with E-state index < -0.39 is 7.32 Å². The fourth-order valence-electron chi connectivity index (χ4n) is 8.29. The topological polar surface area (TPSA) is 116 Å². The van der Waals surface area contributed by atoms with Crippen LogP contribution < -0.4 is 29.2 Å². The Kier molecular flexibility index (Phi) is 17.1. The Balaban J connectivity index is 0.000000152. The summed E-state index contributed by atoms with van der Waals surface area (Å²) >= 11 is 0. The molecular weight excluding hydrogens is 847 g/mol. The number of fused-ring (bicyclic) bond motifs is 2. The van der Waals surface area contributed by atoms with Gasteiger partial charge in [-0.2, -0.15) is 0 Å². The van der Waals surface area contributed by atoms with Crippen molar-refractivity contribution in [2.45, 2.75) is 32.1 Å². The summed E-state index contributed by atoms with van der Waals surface area (Å²) in [5.74, 6) is -0.0930. The minimum absolute atomic E-state index is 0.0465. The van der Waals surface area contributed by atoms with Gasteiger partial charge >= 0.3 is 11.4 Å². The molecule has 0 saturated heterocycles. The number of pyridine rings is 2. The third-order valence-corrected chi connectivity index (χ3v) is 11.4. The number of nitrogens with zero attached hydrogens (tertiary/aromatic N) is 2. The zero-order valence-corrected chi connectivity index (χ0v) is 38.2. The minimum atomic E-state index is -2.23. The molecule has 0 radical (unpaired) electrons. The van der Waals surface area contributed by atoms with Crippen LogP contribution in [0.5, 0.6) is 0 Å². The SMILES string of the molecule is CCO[n+]1ccccc1C(=O)c1ccc2ccccc2c1.CCO[n+]1ccccc1C(=O)c1ccc2ccccc2c1.[O-]B([O-])OCCCC(c1ccccc1)(c1ccccc1)c1ccccc1. The smallest absolute Gasteiger partial charge is 0.305 e. The summed E-state index contributed by atoms with van der Waals surface area (Å²) in [4.78, 5) is 36.3. The molecule has 0 atom stereocenters. The Morgan fingerprint density at radius 1 is 0.471 bits per heavy atom. The van der Waals surface area contributed by atoms with Crippen LogP contribution in [0.4, 0.5) is 0 Å². The minimum Gasteiger partial charge on any atom is -0.871 e. The molecule has 9 aromatic rings. The summed E-state index contributed by atoms with van der Waals surface area (Å²) in [7, 11) is -2.23. The number of rotatable bonds is 16. The maximum Gasteiger partial charge on any atom is 0.305 e. The van der Waals surface area contributed by atoms with Crippen molar-refractivity contribution in [3.8, 4) is 0 Å². The van der Waals surface area contributed by atoms with Crippen LogP contribution in [0.3, 0.4) is 0 Å². The average Bonchev–Trinajstić information content (AvgIpc) is 3.39. The number of hydrogen-bond acceptors (Lipinski definition) is 7. The highest BCUT2D eigenvalue weighted by Crippen LogP contribution is 2.43. The maximum atomic E-state index is 12.7. The first-order valence-electron chi connectivity index (χ1n) is 22.8. The van der Waals surface area contributed by atoms with Crippen molar-refractivity contribution < 1.29 is 43.4 Å². The summed E-state index contributed by atoms with van der Waals surface area (Å²) in [6.45, 7) is 4.96. The van der Waals surface area contributed by atoms with Gasteiger partial charge in [0.15, 0.2) is 13.2 Å². The third kappa shape index (κ3) is 12.0. The van der Waals surface area contributed by atoms with Crippen molar-refractivity contribution in [3.05, 3.63) is 264 Å². The van der Waals surface area contributed by atoms with Crippen LogP contribution in [0.1, 0.15) is 75.5 Å². The number of hydrogen-bond donors (Lipinski definition) is 0. The summed E-state index contributed by atoms with van der Waals surface area (Å²) < 4.78 is 7.78. The van der Waals surface area contributed by atoms with Gasteiger partial charge in [0.2, 0.25) is 12.4 Å². The van der Waals surface area contributed by atoms with Crippen LogP contribution in [0.2, 0.25) is 0 Å². The Morgan fingerprint density at radius 3 is 1.22 bits per heavy atom. The predicted octanol–water partition coefficient (Wildman–Crippen LogP) is 8.14. The van der Waals surface area contributed by atoms with Gasteiger partial charge in [0.25, 0.3) is 11.6 Å². The lowest BCUT2D eigenvalue weighted by Gasteiger charge is -2.37. The van der Waals surface area contributed by atoms with Gasteiger partial charge in [0, 0.05) is 56.9 Å². The first-order valence-corrected chi connectivity index (χ1v) is 22.8. The second-order valence-corrected chi connectivity index (χ2v) is 15.7. The van der Waals surface area contributed by atoms with E-state index >= 15 is 0 Å². The van der Waals surface area contributed by atoms with E-state index in [2.05, 4.69) is 36.4 Å². The molecule has 0 saturated carbocycles. The number of benzene rings is 7. The monoisotopic (exact) mass is 900 g/mol. The molecule has 9 nitrogen and oxygen atoms in total. The summed E-state index contributed by atoms with van der Waals surface area (Å²) in [6.07, 6.45) is 4.84. The van der Waals surface area contributed by atoms with Gasteiger partial charge < -0.3 is 14.7 Å². The molecule has 0 spiro atoms. The average molecular weight is 901 g/mol. The van der Waals surface area contributed by atoms with Gasteiger partial charge in [0.1, 0.15) is 0 Å². The first-order chi connectivity index (χ1) is 33.3. The maximum absolute atomic E-state index is 12.7. The second-order valence-electron chi connectivity index (χ2n) is 15.7. The molecule has 10 heteroatoms. The van der Waals surface area contributed by atoms with E-state index in [0.717, 1.165) is 28.0 Å². The lowest BCUT2D eigenvalue weighted by atomic mass is 9.67. The Labute approximate surface area is 398 Å². The van der Waals surface area contributed by atoms with Gasteiger partial charge in [-0.1, -0.05) is 164 Å². The van der Waals surface area contributed by atoms with Crippen molar-refractivity contribution in [3.63, 3.8) is 0 Å². The van der Waals surface area contributed by atoms with Crippen LogP contribution in [-0.4, -0.2) is 38.7 Å². The first kappa shape index (κ1) is 48.2. The molecule has 0 bridgehead atoms. The van der Waals surface area contributed by atoms with Crippen molar-refractivity contribution in [2.24, 2.45) is 0 Å². The molecule has 0 aliphatic carbocycles. The molecule has 340 valence electrons. The summed E-state index contributed by atoms with van der Waals surface area (Å²) in [5.41, 5.74) is 5.54. The molecule has 9 rings (SSSR count). The van der Waals surface area contributed by atoms with Gasteiger partial charge in [-0.25, -0.2) is 0 Å². The fraction of sp³-hybridized carbons (Fsp3) is 0.138. The van der Waals surface area contributed by atoms with E-state index in [1.165, 1.54) is 26.2 Å². The molecule has 0 aliphatic rings. The molecule has 2 aromatic heterocycles. The molecule has 2 heterocycles. The number of carbonyl (C=O) groups excluding carboxylic acids is 2. The van der Waals surface area contributed by atoms with Crippen LogP contribution >= 0.6 is 0 Å². The molecular formula is C58H53BN2O7. The van der Waals surface area contributed by atoms with Crippen molar-refractivity contribution >= 4 is 40.4 Å². The molecule has 0 fully saturated rings. The number of carbonyl (C=O) groups is 2. The molecule has 7 aromatic carbocycles. The molecule has 68 heavy (non-hydrogen) atoms. The molecule has 0 N–H and O–H groups in total. The largest absolute Gasteiger partial charge is 0.871 e. The van der Waals surface area contributed by atoms with Crippen LogP contribution in [-0.2, 0) is 10.1 Å². The van der Waals surface area contributed by atoms with E-state index in [1.807, 2.05) is 178 Å². The normalized spacial score (nSPS) is 10.8. The van der Waals surface area contributed by atoms with E-state index in [0.29, 0.717) is 42.1 Å². The van der Waals surface area contributed by atoms with E-state index in [4.69, 9.17) is 14.3 Å². The highest BCUT2D eigenvalue weighted by molar-refractivity contribution is 6.28. The predicted molar refractivity (Wildman–Crippen MR) is 262 cm³/mol. The molecule has 0 amide bonds. The van der Waals surface area contributed by atoms with Gasteiger partial charge in [-0.15, -0.1) is 0 Å². The fourth-order valence-corrected chi connectivity index (χ4v) is 8.29. The highest BCUT2D eigenvalue weighted by atomic mass is 16.7. The highest BCUT2D eigenvalue weighted by Gasteiger charge is 2.35. The van der Waals surface area contributed by atoms with Gasteiger partial charge in [0.05, 0.1) is 7.32 Å². The number of aromatic nitrogens is 2. The Bertz CT molecular complexity index is 2790. The summed E-state index contributed by atoms with van der Waals surface area (Å²) in [6, 6.07) is 69.4. The zero-order chi connectivity index (χ0) is 47.6. The van der Waals surface area contributed by atoms with Crippen molar-refractivity contribution in [1.82, 2.24) is 0 Å². The van der Waals surface area contributed by atoms with Crippen molar-refractivity contribution in [2.75, 3.05) is 19.8 Å². The van der Waals surface area contributed by atoms with Crippen LogP contribution in [0.15, 0.2) is 225 Å². The Morgan fingerprint density at radius 2 is 0.838 bits per heavy atom. The lowest BCUT2D eigenvalue weighted by Crippen LogP contribution is -2.48.